The van der Waals surface area contributed by atoms with Crippen LogP contribution in [-0.2, 0) is 6.42 Å². The van der Waals surface area contributed by atoms with Crippen LogP contribution in [-0.4, -0.2) is 21.4 Å². The Bertz CT molecular complexity index is 720. The fraction of sp³-hybridized carbons (Fsp3) is 0.286. The minimum Gasteiger partial charge on any atom is -0.320 e. The average molecular weight is 305 g/mol. The summed E-state index contributed by atoms with van der Waals surface area (Å²) in [6, 6.07) is 6.07. The maximum Gasteiger partial charge on any atom is 0.348 e. The second-order valence-electron chi connectivity index (χ2n) is 4.98. The number of rotatable bonds is 2. The van der Waals surface area contributed by atoms with Gasteiger partial charge in [0.1, 0.15) is 6.33 Å². The van der Waals surface area contributed by atoms with Crippen molar-refractivity contribution >= 4 is 28.8 Å². The minimum atomic E-state index is -0.528. The summed E-state index contributed by atoms with van der Waals surface area (Å²) >= 11 is 5.88. The summed E-state index contributed by atoms with van der Waals surface area (Å²) in [5.74, 6) is 0.254. The molecule has 1 aromatic carbocycles. The topological polar surface area (TPSA) is 72.2 Å². The third-order valence-corrected chi connectivity index (χ3v) is 3.83. The van der Waals surface area contributed by atoms with Gasteiger partial charge in [-0.25, -0.2) is 9.97 Å². The second kappa shape index (κ2) is 5.29. The van der Waals surface area contributed by atoms with Crippen molar-refractivity contribution in [3.05, 3.63) is 50.9 Å². The molecule has 0 bridgehead atoms. The third-order valence-electron chi connectivity index (χ3n) is 3.55. The first kappa shape index (κ1) is 13.8. The number of fused-ring (bicyclic) bond motifs is 1. The minimum absolute atomic E-state index is 0.135. The Morgan fingerprint density at radius 1 is 1.38 bits per heavy atom. The predicted molar refractivity (Wildman–Crippen MR) is 80.2 cm³/mol. The molecule has 0 fully saturated rings. The highest BCUT2D eigenvalue weighted by molar-refractivity contribution is 6.31. The molecule has 0 unspecified atom stereocenters. The van der Waals surface area contributed by atoms with Crippen LogP contribution in [0.2, 0.25) is 5.15 Å². The lowest BCUT2D eigenvalue weighted by Crippen LogP contribution is -2.26. The van der Waals surface area contributed by atoms with E-state index < -0.39 is 4.92 Å². The summed E-state index contributed by atoms with van der Waals surface area (Å²) in [7, 11) is 0. The second-order valence-corrected chi connectivity index (χ2v) is 5.34. The highest BCUT2D eigenvalue weighted by Gasteiger charge is 2.29. The quantitative estimate of drug-likeness (QED) is 0.483. The largest absolute Gasteiger partial charge is 0.348 e. The summed E-state index contributed by atoms with van der Waals surface area (Å²) in [5, 5.41) is 11.1. The predicted octanol–water partition coefficient (Wildman–Crippen LogP) is 3.43. The molecule has 1 aromatic heterocycles. The summed E-state index contributed by atoms with van der Waals surface area (Å²) in [5.41, 5.74) is 3.05. The first-order chi connectivity index (χ1) is 10.1. The molecule has 108 valence electrons. The molecule has 0 atom stereocenters. The van der Waals surface area contributed by atoms with Crippen LogP contribution in [0, 0.1) is 17.0 Å². The Morgan fingerprint density at radius 2 is 2.19 bits per heavy atom. The molecule has 2 heterocycles. The Kier molecular flexibility index (Phi) is 3.47. The van der Waals surface area contributed by atoms with Crippen molar-refractivity contribution < 1.29 is 4.92 Å². The van der Waals surface area contributed by atoms with Gasteiger partial charge in [-0.3, -0.25) is 10.1 Å². The molecule has 6 nitrogen and oxygen atoms in total. The number of hydrogen-bond acceptors (Lipinski definition) is 5. The molecule has 0 radical (unpaired) electrons. The van der Waals surface area contributed by atoms with E-state index in [2.05, 4.69) is 16.0 Å². The molecule has 0 amide bonds. The van der Waals surface area contributed by atoms with E-state index in [0.717, 1.165) is 18.5 Å². The van der Waals surface area contributed by atoms with Crippen molar-refractivity contribution in [3.8, 4) is 0 Å². The normalized spacial score (nSPS) is 13.9. The van der Waals surface area contributed by atoms with Crippen LogP contribution >= 0.6 is 11.6 Å². The number of halogens is 1. The number of benzene rings is 1. The van der Waals surface area contributed by atoms with Crippen molar-refractivity contribution in [2.45, 2.75) is 19.8 Å². The number of aryl methyl sites for hydroxylation is 2. The smallest absolute Gasteiger partial charge is 0.320 e. The van der Waals surface area contributed by atoms with Gasteiger partial charge in [-0.2, -0.15) is 0 Å². The van der Waals surface area contributed by atoms with E-state index in [1.165, 1.54) is 17.5 Å². The van der Waals surface area contributed by atoms with E-state index in [0.29, 0.717) is 6.54 Å². The fourth-order valence-corrected chi connectivity index (χ4v) is 2.85. The maximum atomic E-state index is 11.3. The number of nitrogens with zero attached hydrogens (tertiary/aromatic N) is 4. The molecule has 0 saturated carbocycles. The maximum absolute atomic E-state index is 11.3. The zero-order valence-electron chi connectivity index (χ0n) is 11.4. The van der Waals surface area contributed by atoms with Crippen LogP contribution in [0.25, 0.3) is 0 Å². The van der Waals surface area contributed by atoms with Gasteiger partial charge in [0.15, 0.2) is 0 Å². The fourth-order valence-electron chi connectivity index (χ4n) is 2.65. The molecule has 0 spiro atoms. The van der Waals surface area contributed by atoms with Gasteiger partial charge in [0.2, 0.25) is 11.0 Å². The Balaban J connectivity index is 2.16. The summed E-state index contributed by atoms with van der Waals surface area (Å²) in [6.07, 6.45) is 3.13. The molecular formula is C14H13ClN4O2. The van der Waals surface area contributed by atoms with Crippen LogP contribution in [0.4, 0.5) is 17.2 Å². The Hall–Kier alpha value is -2.21. The van der Waals surface area contributed by atoms with Gasteiger partial charge >= 0.3 is 5.69 Å². The van der Waals surface area contributed by atoms with Gasteiger partial charge in [-0.05, 0) is 31.4 Å². The first-order valence-corrected chi connectivity index (χ1v) is 6.97. The summed E-state index contributed by atoms with van der Waals surface area (Å²) in [4.78, 5) is 20.4. The Morgan fingerprint density at radius 3 is 2.95 bits per heavy atom. The van der Waals surface area contributed by atoms with Gasteiger partial charge in [0.05, 0.1) is 4.92 Å². The molecule has 1 aliphatic rings. The molecule has 2 aromatic rings. The van der Waals surface area contributed by atoms with Gasteiger partial charge in [0, 0.05) is 12.2 Å². The van der Waals surface area contributed by atoms with E-state index in [-0.39, 0.29) is 16.7 Å². The van der Waals surface area contributed by atoms with Gasteiger partial charge in [-0.1, -0.05) is 29.3 Å². The number of aromatic nitrogens is 2. The highest BCUT2D eigenvalue weighted by Crippen LogP contribution is 2.39. The molecule has 0 N–H and O–H groups in total. The van der Waals surface area contributed by atoms with Crippen molar-refractivity contribution in [1.82, 2.24) is 9.97 Å². The van der Waals surface area contributed by atoms with E-state index in [1.807, 2.05) is 24.0 Å². The van der Waals surface area contributed by atoms with Gasteiger partial charge in [0.25, 0.3) is 0 Å². The van der Waals surface area contributed by atoms with Crippen LogP contribution in [0.15, 0.2) is 24.5 Å². The van der Waals surface area contributed by atoms with Gasteiger partial charge in [-0.15, -0.1) is 0 Å². The molecule has 0 saturated heterocycles. The van der Waals surface area contributed by atoms with Crippen molar-refractivity contribution in [3.63, 3.8) is 0 Å². The summed E-state index contributed by atoms with van der Waals surface area (Å²) < 4.78 is 0. The molecule has 3 rings (SSSR count). The summed E-state index contributed by atoms with van der Waals surface area (Å²) in [6.45, 7) is 2.70. The van der Waals surface area contributed by atoms with Crippen LogP contribution in [0.5, 0.6) is 0 Å². The van der Waals surface area contributed by atoms with E-state index in [4.69, 9.17) is 11.6 Å². The lowest BCUT2D eigenvalue weighted by molar-refractivity contribution is -0.384. The third kappa shape index (κ3) is 2.42. The zero-order chi connectivity index (χ0) is 15.0. The molecular weight excluding hydrogens is 292 g/mol. The molecule has 7 heteroatoms. The highest BCUT2D eigenvalue weighted by atomic mass is 35.5. The lowest BCUT2D eigenvalue weighted by Gasteiger charge is -2.30. The van der Waals surface area contributed by atoms with Crippen LogP contribution in [0.3, 0.4) is 0 Å². The van der Waals surface area contributed by atoms with E-state index in [9.17, 15) is 10.1 Å². The zero-order valence-corrected chi connectivity index (χ0v) is 12.2. The monoisotopic (exact) mass is 304 g/mol. The standard InChI is InChI=1S/C14H13ClN4O2/c1-9-4-5-11-10(7-9)3-2-6-18(11)14-12(19(20)21)13(15)16-8-17-14/h4-5,7-8H,2-3,6H2,1H3. The number of nitro groups is 1. The first-order valence-electron chi connectivity index (χ1n) is 6.60. The SMILES string of the molecule is Cc1ccc2c(c1)CCCN2c1ncnc(Cl)c1[N+](=O)[O-]. The number of hydrogen-bond donors (Lipinski definition) is 0. The molecule has 0 aliphatic carbocycles. The molecule has 21 heavy (non-hydrogen) atoms. The Labute approximate surface area is 126 Å². The van der Waals surface area contributed by atoms with Crippen LogP contribution < -0.4 is 4.90 Å². The number of anilines is 2. The van der Waals surface area contributed by atoms with Crippen LogP contribution in [0.1, 0.15) is 17.5 Å². The molecule has 1 aliphatic heterocycles. The van der Waals surface area contributed by atoms with E-state index in [1.54, 1.807) is 0 Å². The van der Waals surface area contributed by atoms with Gasteiger partial charge < -0.3 is 4.90 Å². The van der Waals surface area contributed by atoms with Crippen molar-refractivity contribution in [2.24, 2.45) is 0 Å². The van der Waals surface area contributed by atoms with E-state index >= 15 is 0 Å². The van der Waals surface area contributed by atoms with Crippen molar-refractivity contribution in [1.29, 1.82) is 0 Å². The average Bonchev–Trinajstić information content (AvgIpc) is 2.45. The van der Waals surface area contributed by atoms with Crippen molar-refractivity contribution in [2.75, 3.05) is 11.4 Å². The lowest BCUT2D eigenvalue weighted by atomic mass is 9.99.